The van der Waals surface area contributed by atoms with E-state index in [1.165, 1.54) is 0 Å². The average molecular weight is 346 g/mol. The molecule has 2 heterocycles. The fourth-order valence-electron chi connectivity index (χ4n) is 3.21. The van der Waals surface area contributed by atoms with Gasteiger partial charge in [0.15, 0.2) is 5.92 Å². The van der Waals surface area contributed by atoms with Crippen molar-refractivity contribution in [3.63, 3.8) is 0 Å². The third-order valence-corrected chi connectivity index (χ3v) is 4.44. The van der Waals surface area contributed by atoms with Crippen LogP contribution in [0, 0.1) is 17.2 Å². The van der Waals surface area contributed by atoms with Gasteiger partial charge in [-0.05, 0) is 41.5 Å². The van der Waals surface area contributed by atoms with Crippen LogP contribution in [-0.4, -0.2) is 20.2 Å². The first-order chi connectivity index (χ1) is 12.7. The maximum Gasteiger partial charge on any atom is 0.333 e. The molecular weight excluding hydrogens is 332 g/mol. The summed E-state index contributed by atoms with van der Waals surface area (Å²) < 4.78 is 16.1. The van der Waals surface area contributed by atoms with E-state index >= 15 is 0 Å². The van der Waals surface area contributed by atoms with Gasteiger partial charge >= 0.3 is 5.97 Å². The molecule has 1 atom stereocenters. The van der Waals surface area contributed by atoms with Crippen molar-refractivity contribution < 1.29 is 19.0 Å². The molecule has 2 aromatic carbocycles. The number of hydrogen-bond acceptors (Lipinski definition) is 6. The molecule has 0 radical (unpaired) electrons. The number of rotatable bonds is 3. The Hall–Kier alpha value is -3.59. The predicted octanol–water partition coefficient (Wildman–Crippen LogP) is 1.57. The molecule has 0 N–H and O–H groups in total. The Balaban J connectivity index is 2.10. The zero-order chi connectivity index (χ0) is 18.3. The van der Waals surface area contributed by atoms with E-state index in [4.69, 9.17) is 14.2 Å². The second kappa shape index (κ2) is 6.05. The van der Waals surface area contributed by atoms with Crippen molar-refractivity contribution in [2.24, 2.45) is 10.9 Å². The lowest BCUT2D eigenvalue weighted by Crippen LogP contribution is -2.34. The number of esters is 1. The van der Waals surface area contributed by atoms with Crippen LogP contribution in [0.25, 0.3) is 11.6 Å². The SMILES string of the molecule is COc1cc(OC)cc(C2=c3ccc4c(c3OC(=O)C2C#N)C=CN=4)c1. The molecule has 26 heavy (non-hydrogen) atoms. The van der Waals surface area contributed by atoms with Gasteiger partial charge in [-0.25, -0.2) is 4.79 Å². The summed E-state index contributed by atoms with van der Waals surface area (Å²) in [5.74, 6) is -0.0846. The Morgan fingerprint density at radius 2 is 1.88 bits per heavy atom. The first kappa shape index (κ1) is 15.9. The van der Waals surface area contributed by atoms with Crippen LogP contribution in [0.5, 0.6) is 17.2 Å². The van der Waals surface area contributed by atoms with E-state index in [0.717, 1.165) is 10.9 Å². The second-order valence-electron chi connectivity index (χ2n) is 5.82. The summed E-state index contributed by atoms with van der Waals surface area (Å²) in [7, 11) is 3.10. The molecule has 2 aliphatic heterocycles. The highest BCUT2D eigenvalue weighted by atomic mass is 16.5. The smallest absolute Gasteiger partial charge is 0.333 e. The maximum absolute atomic E-state index is 12.5. The molecule has 1 unspecified atom stereocenters. The molecule has 2 aliphatic rings. The topological polar surface area (TPSA) is 80.9 Å². The monoisotopic (exact) mass is 346 g/mol. The molecule has 0 bridgehead atoms. The number of benzene rings is 2. The lowest BCUT2D eigenvalue weighted by molar-refractivity contribution is -0.135. The van der Waals surface area contributed by atoms with Crippen molar-refractivity contribution in [3.05, 3.63) is 58.2 Å². The quantitative estimate of drug-likeness (QED) is 0.622. The minimum atomic E-state index is -1.04. The second-order valence-corrected chi connectivity index (χ2v) is 5.82. The molecule has 4 rings (SSSR count). The standard InChI is InChI=1S/C20H14N2O4/c1-24-12-7-11(8-13(9-12)25-2)18-15-3-4-17-14(5-6-22-17)19(15)26-20(23)16(18)10-21/h3-9,16H,1-2H3. The number of nitriles is 1. The van der Waals surface area contributed by atoms with Crippen LogP contribution in [0.15, 0.2) is 41.5 Å². The van der Waals surface area contributed by atoms with Gasteiger partial charge in [-0.2, -0.15) is 5.26 Å². The summed E-state index contributed by atoms with van der Waals surface area (Å²) >= 11 is 0. The Morgan fingerprint density at radius 3 is 2.54 bits per heavy atom. The van der Waals surface area contributed by atoms with Gasteiger partial charge < -0.3 is 14.2 Å². The van der Waals surface area contributed by atoms with Crippen molar-refractivity contribution in [2.45, 2.75) is 0 Å². The van der Waals surface area contributed by atoms with E-state index in [1.54, 1.807) is 44.7 Å². The lowest BCUT2D eigenvalue weighted by atomic mass is 9.88. The minimum absolute atomic E-state index is 0.424. The van der Waals surface area contributed by atoms with Gasteiger partial charge in [0.25, 0.3) is 0 Å². The highest BCUT2D eigenvalue weighted by Gasteiger charge is 2.33. The highest BCUT2D eigenvalue weighted by molar-refractivity contribution is 5.96. The molecule has 0 fully saturated rings. The number of carbonyl (C=O) groups excluding carboxylic acids is 1. The number of hydrogen-bond donors (Lipinski definition) is 0. The fourth-order valence-corrected chi connectivity index (χ4v) is 3.21. The van der Waals surface area contributed by atoms with Crippen molar-refractivity contribution in [1.82, 2.24) is 0 Å². The predicted molar refractivity (Wildman–Crippen MR) is 93.1 cm³/mol. The van der Waals surface area contributed by atoms with Crippen LogP contribution in [0.4, 0.5) is 0 Å². The Bertz CT molecular complexity index is 1100. The van der Waals surface area contributed by atoms with Gasteiger partial charge in [0.1, 0.15) is 17.2 Å². The van der Waals surface area contributed by atoms with Gasteiger partial charge in [-0.1, -0.05) is 0 Å². The van der Waals surface area contributed by atoms with Gasteiger partial charge in [0.2, 0.25) is 0 Å². The van der Waals surface area contributed by atoms with E-state index in [-0.39, 0.29) is 0 Å². The number of ether oxygens (including phenoxy) is 3. The summed E-state index contributed by atoms with van der Waals surface area (Å²) in [4.78, 5) is 16.7. The van der Waals surface area contributed by atoms with Gasteiger partial charge in [0, 0.05) is 23.0 Å². The zero-order valence-corrected chi connectivity index (χ0v) is 14.1. The normalized spacial score (nSPS) is 16.9. The van der Waals surface area contributed by atoms with Crippen molar-refractivity contribution in [2.75, 3.05) is 14.2 Å². The zero-order valence-electron chi connectivity index (χ0n) is 14.1. The molecule has 0 saturated carbocycles. The number of fused-ring (bicyclic) bond motifs is 3. The molecule has 2 aromatic rings. The average Bonchev–Trinajstić information content (AvgIpc) is 3.15. The summed E-state index contributed by atoms with van der Waals surface area (Å²) in [5.41, 5.74) is 1.98. The number of carbonyl (C=O) groups is 1. The largest absolute Gasteiger partial charge is 0.497 e. The third kappa shape index (κ3) is 2.33. The van der Waals surface area contributed by atoms with Crippen LogP contribution in [0.3, 0.4) is 0 Å². The molecule has 0 spiro atoms. The Kier molecular flexibility index (Phi) is 3.70. The third-order valence-electron chi connectivity index (χ3n) is 4.44. The first-order valence-electron chi connectivity index (χ1n) is 7.92. The van der Waals surface area contributed by atoms with Crippen molar-refractivity contribution in [1.29, 1.82) is 5.26 Å². The fraction of sp³-hybridized carbons (Fsp3) is 0.150. The van der Waals surface area contributed by atoms with Crippen LogP contribution in [-0.2, 0) is 4.79 Å². The molecular formula is C20H14N2O4. The minimum Gasteiger partial charge on any atom is -0.497 e. The van der Waals surface area contributed by atoms with Crippen molar-refractivity contribution >= 4 is 17.6 Å². The molecule has 0 saturated heterocycles. The molecule has 128 valence electrons. The van der Waals surface area contributed by atoms with Crippen LogP contribution >= 0.6 is 0 Å². The Labute approximate surface area is 149 Å². The summed E-state index contributed by atoms with van der Waals surface area (Å²) in [6, 6.07) is 11.0. The van der Waals surface area contributed by atoms with E-state index in [0.29, 0.717) is 33.6 Å². The van der Waals surface area contributed by atoms with E-state index < -0.39 is 11.9 Å². The van der Waals surface area contributed by atoms with Crippen LogP contribution in [0.1, 0.15) is 11.1 Å². The van der Waals surface area contributed by atoms with Crippen LogP contribution < -0.4 is 24.8 Å². The van der Waals surface area contributed by atoms with Gasteiger partial charge in [-0.15, -0.1) is 0 Å². The Morgan fingerprint density at radius 1 is 1.15 bits per heavy atom. The van der Waals surface area contributed by atoms with Crippen molar-refractivity contribution in [3.8, 4) is 23.3 Å². The van der Waals surface area contributed by atoms with E-state index in [2.05, 4.69) is 11.1 Å². The summed E-state index contributed by atoms with van der Waals surface area (Å²) in [5, 5.41) is 11.0. The van der Waals surface area contributed by atoms with Gasteiger partial charge in [-0.3, -0.25) is 4.99 Å². The molecule has 0 amide bonds. The molecule has 6 heteroatoms. The molecule has 6 nitrogen and oxygen atoms in total. The maximum atomic E-state index is 12.5. The lowest BCUT2D eigenvalue weighted by Gasteiger charge is -2.22. The summed E-state index contributed by atoms with van der Waals surface area (Å²) in [6.45, 7) is 0. The van der Waals surface area contributed by atoms with E-state index in [1.807, 2.05) is 12.1 Å². The van der Waals surface area contributed by atoms with Gasteiger partial charge in [0.05, 0.1) is 25.6 Å². The molecule has 0 aliphatic carbocycles. The highest BCUT2D eigenvalue weighted by Crippen LogP contribution is 2.33. The number of nitrogens with zero attached hydrogens (tertiary/aromatic N) is 2. The summed E-state index contributed by atoms with van der Waals surface area (Å²) in [6.07, 6.45) is 3.45. The first-order valence-corrected chi connectivity index (χ1v) is 7.92. The number of methoxy groups -OCH3 is 2. The van der Waals surface area contributed by atoms with E-state index in [9.17, 15) is 10.1 Å². The van der Waals surface area contributed by atoms with Crippen LogP contribution in [0.2, 0.25) is 0 Å². The molecule has 0 aromatic heterocycles.